The Bertz CT molecular complexity index is 797. The molecule has 0 atom stereocenters. The molecule has 1 aromatic carbocycles. The minimum atomic E-state index is -4.99. The molecule has 3 N–H and O–H groups in total. The molecule has 1 aromatic heterocycles. The minimum absolute atomic E-state index is 0.0799. The summed E-state index contributed by atoms with van der Waals surface area (Å²) in [5.74, 6) is -2.74. The number of alkyl halides is 3. The van der Waals surface area contributed by atoms with Crippen molar-refractivity contribution in [3.8, 4) is 0 Å². The Morgan fingerprint density at radius 2 is 1.83 bits per heavy atom. The predicted octanol–water partition coefficient (Wildman–Crippen LogP) is 1.20. The van der Waals surface area contributed by atoms with E-state index in [1.807, 2.05) is 0 Å². The van der Waals surface area contributed by atoms with E-state index in [1.54, 1.807) is 17.4 Å². The highest BCUT2D eigenvalue weighted by molar-refractivity contribution is 6.03. The molecule has 0 aliphatic rings. The molecule has 2 amide bonds. The van der Waals surface area contributed by atoms with Gasteiger partial charge in [-0.25, -0.2) is 5.10 Å². The maximum absolute atomic E-state index is 12.2. The van der Waals surface area contributed by atoms with Gasteiger partial charge in [-0.2, -0.15) is 18.3 Å². The number of benzene rings is 1. The molecule has 1 heterocycles. The zero-order valence-electron chi connectivity index (χ0n) is 12.0. The van der Waals surface area contributed by atoms with Crippen molar-refractivity contribution in [3.63, 3.8) is 0 Å². The number of aromatic amines is 1. The smallest absolute Gasteiger partial charge is 0.344 e. The van der Waals surface area contributed by atoms with Gasteiger partial charge in [-0.1, -0.05) is 18.2 Å². The summed E-state index contributed by atoms with van der Waals surface area (Å²) in [5, 5.41) is 9.81. The van der Waals surface area contributed by atoms with Gasteiger partial charge in [0.15, 0.2) is 0 Å². The number of para-hydroxylation sites is 1. The molecule has 24 heavy (non-hydrogen) atoms. The van der Waals surface area contributed by atoms with E-state index < -0.39 is 30.1 Å². The van der Waals surface area contributed by atoms with Crippen molar-refractivity contribution in [3.05, 3.63) is 58.0 Å². The topological polar surface area (TPSA) is 104 Å². The van der Waals surface area contributed by atoms with Crippen molar-refractivity contribution < 1.29 is 22.8 Å². The molecule has 0 spiro atoms. The molecule has 7 nitrogen and oxygen atoms in total. The summed E-state index contributed by atoms with van der Waals surface area (Å²) in [7, 11) is 0. The predicted molar refractivity (Wildman–Crippen MR) is 77.2 cm³/mol. The molecule has 0 unspecified atom stereocenters. The van der Waals surface area contributed by atoms with E-state index in [9.17, 15) is 27.6 Å². The van der Waals surface area contributed by atoms with Crippen LogP contribution in [0.3, 0.4) is 0 Å². The molecule has 2 rings (SSSR count). The summed E-state index contributed by atoms with van der Waals surface area (Å²) in [6.45, 7) is -0.423. The SMILES string of the molecule is O=C(Nc1ccccc1CNC(=O)C(F)(F)F)c1ccc(=O)[nH]n1. The number of aromatic nitrogens is 2. The van der Waals surface area contributed by atoms with E-state index in [2.05, 4.69) is 15.5 Å². The Hall–Kier alpha value is -3.17. The average Bonchev–Trinajstić information content (AvgIpc) is 2.53. The fourth-order valence-electron chi connectivity index (χ4n) is 1.73. The van der Waals surface area contributed by atoms with Crippen molar-refractivity contribution in [2.45, 2.75) is 12.7 Å². The third-order valence-electron chi connectivity index (χ3n) is 2.87. The maximum Gasteiger partial charge on any atom is 0.471 e. The molecule has 0 fully saturated rings. The van der Waals surface area contributed by atoms with Crippen LogP contribution in [0.2, 0.25) is 0 Å². The second-order valence-electron chi connectivity index (χ2n) is 4.60. The first-order valence-corrected chi connectivity index (χ1v) is 6.57. The van der Waals surface area contributed by atoms with Gasteiger partial charge in [-0.05, 0) is 17.7 Å². The number of carbonyl (C=O) groups is 2. The third-order valence-corrected chi connectivity index (χ3v) is 2.87. The largest absolute Gasteiger partial charge is 0.471 e. The summed E-state index contributed by atoms with van der Waals surface area (Å²) in [6, 6.07) is 8.32. The van der Waals surface area contributed by atoms with Crippen molar-refractivity contribution in [2.24, 2.45) is 0 Å². The van der Waals surface area contributed by atoms with Gasteiger partial charge < -0.3 is 10.6 Å². The van der Waals surface area contributed by atoms with Crippen LogP contribution >= 0.6 is 0 Å². The van der Waals surface area contributed by atoms with Crippen LogP contribution in [0.1, 0.15) is 16.1 Å². The number of amides is 2. The van der Waals surface area contributed by atoms with Crippen LogP contribution in [-0.2, 0) is 11.3 Å². The molecular weight excluding hydrogens is 329 g/mol. The molecule has 2 aromatic rings. The fourth-order valence-corrected chi connectivity index (χ4v) is 1.73. The average molecular weight is 340 g/mol. The van der Waals surface area contributed by atoms with Gasteiger partial charge >= 0.3 is 12.1 Å². The van der Waals surface area contributed by atoms with E-state index in [1.165, 1.54) is 18.2 Å². The number of halogens is 3. The van der Waals surface area contributed by atoms with Crippen molar-refractivity contribution in [2.75, 3.05) is 5.32 Å². The first-order valence-electron chi connectivity index (χ1n) is 6.57. The highest BCUT2D eigenvalue weighted by Crippen LogP contribution is 2.18. The lowest BCUT2D eigenvalue weighted by molar-refractivity contribution is -0.173. The summed E-state index contributed by atoms with van der Waals surface area (Å²) in [5.41, 5.74) is -0.0867. The van der Waals surface area contributed by atoms with Crippen LogP contribution in [-0.4, -0.2) is 28.2 Å². The van der Waals surface area contributed by atoms with Crippen molar-refractivity contribution >= 4 is 17.5 Å². The molecule has 0 aliphatic carbocycles. The number of rotatable bonds is 4. The standard InChI is InChI=1S/C14H11F3N4O3/c15-14(16,17)13(24)18-7-8-3-1-2-4-9(8)19-12(23)10-5-6-11(22)21-20-10/h1-6H,7H2,(H,18,24)(H,19,23)(H,21,22). The van der Waals surface area contributed by atoms with Crippen LogP contribution in [0.5, 0.6) is 0 Å². The fraction of sp³-hybridized carbons (Fsp3) is 0.143. The molecule has 10 heteroatoms. The zero-order valence-corrected chi connectivity index (χ0v) is 12.0. The van der Waals surface area contributed by atoms with E-state index in [0.717, 1.165) is 6.07 Å². The van der Waals surface area contributed by atoms with Gasteiger partial charge in [0.2, 0.25) is 0 Å². The van der Waals surface area contributed by atoms with E-state index in [-0.39, 0.29) is 16.9 Å². The van der Waals surface area contributed by atoms with Crippen LogP contribution < -0.4 is 16.2 Å². The number of H-pyrrole nitrogens is 1. The minimum Gasteiger partial charge on any atom is -0.344 e. The summed E-state index contributed by atoms with van der Waals surface area (Å²) in [4.78, 5) is 33.8. The van der Waals surface area contributed by atoms with E-state index in [4.69, 9.17) is 0 Å². The maximum atomic E-state index is 12.2. The molecule has 0 aliphatic heterocycles. The van der Waals surface area contributed by atoms with Crippen LogP contribution in [0, 0.1) is 0 Å². The van der Waals surface area contributed by atoms with Crippen LogP contribution in [0.15, 0.2) is 41.2 Å². The van der Waals surface area contributed by atoms with Gasteiger partial charge in [-0.15, -0.1) is 0 Å². The van der Waals surface area contributed by atoms with Crippen LogP contribution in [0.25, 0.3) is 0 Å². The molecular formula is C14H11F3N4O3. The summed E-state index contributed by atoms with van der Waals surface area (Å²) < 4.78 is 36.6. The Labute approximate surface area is 132 Å². The first kappa shape index (κ1) is 17.2. The molecule has 0 bridgehead atoms. The number of nitrogens with zero attached hydrogens (tertiary/aromatic N) is 1. The summed E-state index contributed by atoms with van der Waals surface area (Å²) in [6.07, 6.45) is -4.99. The lowest BCUT2D eigenvalue weighted by atomic mass is 10.1. The molecule has 0 saturated heterocycles. The quantitative estimate of drug-likeness (QED) is 0.778. The van der Waals surface area contributed by atoms with Gasteiger partial charge in [-0.3, -0.25) is 14.4 Å². The molecule has 126 valence electrons. The number of nitrogens with one attached hydrogen (secondary N) is 3. The first-order chi connectivity index (χ1) is 11.3. The van der Waals surface area contributed by atoms with E-state index in [0.29, 0.717) is 0 Å². The monoisotopic (exact) mass is 340 g/mol. The van der Waals surface area contributed by atoms with Crippen LogP contribution in [0.4, 0.5) is 18.9 Å². The normalized spacial score (nSPS) is 11.0. The summed E-state index contributed by atoms with van der Waals surface area (Å²) >= 11 is 0. The highest BCUT2D eigenvalue weighted by Gasteiger charge is 2.38. The highest BCUT2D eigenvalue weighted by atomic mass is 19.4. The van der Waals surface area contributed by atoms with Crippen molar-refractivity contribution in [1.82, 2.24) is 15.5 Å². The molecule has 0 radical (unpaired) electrons. The van der Waals surface area contributed by atoms with E-state index >= 15 is 0 Å². The molecule has 0 saturated carbocycles. The lowest BCUT2D eigenvalue weighted by Gasteiger charge is -2.12. The Kier molecular flexibility index (Phi) is 4.97. The Morgan fingerprint density at radius 1 is 1.12 bits per heavy atom. The lowest BCUT2D eigenvalue weighted by Crippen LogP contribution is -2.36. The number of hydrogen-bond acceptors (Lipinski definition) is 4. The Morgan fingerprint density at radius 3 is 2.46 bits per heavy atom. The van der Waals surface area contributed by atoms with Gasteiger partial charge in [0.05, 0.1) is 0 Å². The Balaban J connectivity index is 2.11. The second kappa shape index (κ2) is 6.94. The number of anilines is 1. The third kappa shape index (κ3) is 4.41. The van der Waals surface area contributed by atoms with Crippen molar-refractivity contribution in [1.29, 1.82) is 0 Å². The van der Waals surface area contributed by atoms with Gasteiger partial charge in [0.1, 0.15) is 5.69 Å². The van der Waals surface area contributed by atoms with Gasteiger partial charge in [0.25, 0.3) is 11.5 Å². The van der Waals surface area contributed by atoms with Gasteiger partial charge in [0, 0.05) is 18.3 Å². The number of carbonyl (C=O) groups excluding carboxylic acids is 2. The second-order valence-corrected chi connectivity index (χ2v) is 4.60. The number of hydrogen-bond donors (Lipinski definition) is 3. The zero-order chi connectivity index (χ0) is 17.7.